The molecule has 0 aliphatic heterocycles. The molecule has 0 aliphatic rings. The molecule has 0 saturated heterocycles. The van der Waals surface area contributed by atoms with Crippen LogP contribution in [0, 0.1) is 0 Å². The molecule has 130 valence electrons. The quantitative estimate of drug-likeness (QED) is 0.330. The van der Waals surface area contributed by atoms with E-state index in [0.29, 0.717) is 0 Å². The lowest BCUT2D eigenvalue weighted by atomic mass is 9.89. The van der Waals surface area contributed by atoms with E-state index >= 15 is 0 Å². The van der Waals surface area contributed by atoms with Gasteiger partial charge in [-0.05, 0) is 40.0 Å². The second-order valence-corrected chi connectivity index (χ2v) is 6.47. The van der Waals surface area contributed by atoms with Crippen LogP contribution in [0.4, 0.5) is 5.69 Å². The molecule has 1 nitrogen and oxygen atoms in total. The van der Waals surface area contributed by atoms with Gasteiger partial charge in [0.05, 0.1) is 0 Å². The Morgan fingerprint density at radius 2 is 1.11 bits per heavy atom. The Kier molecular flexibility index (Phi) is 4.84. The summed E-state index contributed by atoms with van der Waals surface area (Å²) in [6.07, 6.45) is 2.24. The predicted octanol–water partition coefficient (Wildman–Crippen LogP) is 6.52. The lowest BCUT2D eigenvalue weighted by molar-refractivity contribution is 1.53. The second kappa shape index (κ2) is 7.76. The third-order valence-corrected chi connectivity index (χ3v) is 4.66. The molecule has 0 spiro atoms. The van der Waals surface area contributed by atoms with Crippen molar-refractivity contribution in [3.8, 4) is 11.1 Å². The van der Waals surface area contributed by atoms with Crippen molar-refractivity contribution in [3.05, 3.63) is 126 Å². The average molecular weight is 347 g/mol. The van der Waals surface area contributed by atoms with Gasteiger partial charge in [0, 0.05) is 11.3 Å². The zero-order valence-electron chi connectivity index (χ0n) is 15.0. The predicted molar refractivity (Wildman–Crippen MR) is 116 cm³/mol. The highest BCUT2D eigenvalue weighted by molar-refractivity contribution is 5.98. The molecule has 0 radical (unpaired) electrons. The first-order chi connectivity index (χ1) is 13.3. The SMILES string of the molecule is Nc1ccccc1-c1ccccc1C(=Cc1ccccc1)c1ccccc1. The van der Waals surface area contributed by atoms with Crippen molar-refractivity contribution in [2.24, 2.45) is 0 Å². The molecule has 0 heterocycles. The van der Waals surface area contributed by atoms with Crippen LogP contribution in [0.25, 0.3) is 22.8 Å². The van der Waals surface area contributed by atoms with Gasteiger partial charge < -0.3 is 5.73 Å². The van der Waals surface area contributed by atoms with Crippen molar-refractivity contribution in [1.82, 2.24) is 0 Å². The summed E-state index contributed by atoms with van der Waals surface area (Å²) in [5.41, 5.74) is 14.0. The van der Waals surface area contributed by atoms with E-state index < -0.39 is 0 Å². The maximum Gasteiger partial charge on any atom is 0.0393 e. The fourth-order valence-corrected chi connectivity index (χ4v) is 3.35. The van der Waals surface area contributed by atoms with Crippen LogP contribution in [0.5, 0.6) is 0 Å². The molecule has 0 aliphatic carbocycles. The molecule has 0 bridgehead atoms. The van der Waals surface area contributed by atoms with E-state index in [-0.39, 0.29) is 0 Å². The lowest BCUT2D eigenvalue weighted by Gasteiger charge is -2.16. The summed E-state index contributed by atoms with van der Waals surface area (Å²) in [6, 6.07) is 37.4. The fraction of sp³-hybridized carbons (Fsp3) is 0. The van der Waals surface area contributed by atoms with Crippen LogP contribution in [-0.4, -0.2) is 0 Å². The zero-order chi connectivity index (χ0) is 18.5. The van der Waals surface area contributed by atoms with E-state index in [1.54, 1.807) is 0 Å². The van der Waals surface area contributed by atoms with E-state index in [1.165, 1.54) is 22.3 Å². The Hall–Kier alpha value is -3.58. The van der Waals surface area contributed by atoms with Gasteiger partial charge in [0.2, 0.25) is 0 Å². The van der Waals surface area contributed by atoms with Crippen LogP contribution < -0.4 is 5.73 Å². The summed E-state index contributed by atoms with van der Waals surface area (Å²) in [7, 11) is 0. The summed E-state index contributed by atoms with van der Waals surface area (Å²) in [5.74, 6) is 0. The molecule has 0 amide bonds. The number of rotatable bonds is 4. The summed E-state index contributed by atoms with van der Waals surface area (Å²) in [6.45, 7) is 0. The molecule has 0 fully saturated rings. The normalized spacial score (nSPS) is 11.3. The van der Waals surface area contributed by atoms with Gasteiger partial charge in [-0.3, -0.25) is 0 Å². The number of benzene rings is 4. The molecule has 0 aromatic heterocycles. The minimum absolute atomic E-state index is 0.789. The summed E-state index contributed by atoms with van der Waals surface area (Å²) < 4.78 is 0. The van der Waals surface area contributed by atoms with Crippen LogP contribution in [0.2, 0.25) is 0 Å². The first kappa shape index (κ1) is 16.9. The van der Waals surface area contributed by atoms with Gasteiger partial charge in [-0.1, -0.05) is 103 Å². The topological polar surface area (TPSA) is 26.0 Å². The smallest absolute Gasteiger partial charge is 0.0393 e. The maximum atomic E-state index is 6.29. The molecule has 4 aromatic rings. The van der Waals surface area contributed by atoms with E-state index in [0.717, 1.165) is 16.8 Å². The van der Waals surface area contributed by atoms with Crippen LogP contribution in [0.1, 0.15) is 16.7 Å². The second-order valence-electron chi connectivity index (χ2n) is 6.47. The van der Waals surface area contributed by atoms with Crippen molar-refractivity contribution >= 4 is 17.3 Å². The largest absolute Gasteiger partial charge is 0.398 e. The molecule has 4 rings (SSSR count). The van der Waals surface area contributed by atoms with Gasteiger partial charge in [-0.25, -0.2) is 0 Å². The van der Waals surface area contributed by atoms with Gasteiger partial charge in [0.15, 0.2) is 0 Å². The monoisotopic (exact) mass is 347 g/mol. The van der Waals surface area contributed by atoms with Gasteiger partial charge in [-0.15, -0.1) is 0 Å². The first-order valence-corrected chi connectivity index (χ1v) is 9.09. The molecular formula is C26H21N. The van der Waals surface area contributed by atoms with E-state index in [2.05, 4.69) is 84.9 Å². The summed E-state index contributed by atoms with van der Waals surface area (Å²) in [4.78, 5) is 0. The van der Waals surface area contributed by atoms with Crippen molar-refractivity contribution in [1.29, 1.82) is 0 Å². The van der Waals surface area contributed by atoms with E-state index in [9.17, 15) is 0 Å². The summed E-state index contributed by atoms with van der Waals surface area (Å²) in [5, 5.41) is 0. The third-order valence-electron chi connectivity index (χ3n) is 4.66. The number of nitrogens with two attached hydrogens (primary N) is 1. The minimum atomic E-state index is 0.789. The van der Waals surface area contributed by atoms with Crippen molar-refractivity contribution in [2.45, 2.75) is 0 Å². The Labute approximate surface area is 160 Å². The fourth-order valence-electron chi connectivity index (χ4n) is 3.35. The van der Waals surface area contributed by atoms with Gasteiger partial charge in [0.1, 0.15) is 0 Å². The molecule has 0 atom stereocenters. The number of nitrogen functional groups attached to an aromatic ring is 1. The number of anilines is 1. The Bertz CT molecular complexity index is 1060. The zero-order valence-corrected chi connectivity index (χ0v) is 15.0. The van der Waals surface area contributed by atoms with Gasteiger partial charge >= 0.3 is 0 Å². The highest BCUT2D eigenvalue weighted by Gasteiger charge is 2.13. The minimum Gasteiger partial charge on any atom is -0.398 e. The number of para-hydroxylation sites is 1. The molecule has 27 heavy (non-hydrogen) atoms. The van der Waals surface area contributed by atoms with Crippen LogP contribution in [0.3, 0.4) is 0 Å². The molecule has 1 heteroatoms. The standard InChI is InChI=1S/C26H21N/c27-26-18-10-9-17-24(26)22-15-7-8-16-23(22)25(21-13-5-2-6-14-21)19-20-11-3-1-4-12-20/h1-19H,27H2. The van der Waals surface area contributed by atoms with Gasteiger partial charge in [-0.2, -0.15) is 0 Å². The third kappa shape index (κ3) is 3.68. The van der Waals surface area contributed by atoms with Gasteiger partial charge in [0.25, 0.3) is 0 Å². The Morgan fingerprint density at radius 1 is 0.556 bits per heavy atom. The maximum absolute atomic E-state index is 6.29. The van der Waals surface area contributed by atoms with Crippen molar-refractivity contribution in [2.75, 3.05) is 5.73 Å². The Balaban J connectivity index is 1.95. The van der Waals surface area contributed by atoms with Crippen molar-refractivity contribution in [3.63, 3.8) is 0 Å². The Morgan fingerprint density at radius 3 is 1.81 bits per heavy atom. The molecule has 0 unspecified atom stereocenters. The van der Waals surface area contributed by atoms with E-state index in [4.69, 9.17) is 5.73 Å². The highest BCUT2D eigenvalue weighted by Crippen LogP contribution is 2.36. The number of hydrogen-bond donors (Lipinski definition) is 1. The molecule has 2 N–H and O–H groups in total. The van der Waals surface area contributed by atoms with Crippen LogP contribution in [-0.2, 0) is 0 Å². The lowest BCUT2D eigenvalue weighted by Crippen LogP contribution is -1.95. The molecular weight excluding hydrogens is 326 g/mol. The number of hydrogen-bond acceptors (Lipinski definition) is 1. The van der Waals surface area contributed by atoms with Crippen LogP contribution in [0.15, 0.2) is 109 Å². The molecule has 0 saturated carbocycles. The summed E-state index contributed by atoms with van der Waals surface area (Å²) >= 11 is 0. The van der Waals surface area contributed by atoms with E-state index in [1.807, 2.05) is 30.3 Å². The molecule has 4 aromatic carbocycles. The first-order valence-electron chi connectivity index (χ1n) is 9.09. The average Bonchev–Trinajstić information content (AvgIpc) is 2.74. The van der Waals surface area contributed by atoms with Crippen LogP contribution >= 0.6 is 0 Å². The highest BCUT2D eigenvalue weighted by atomic mass is 14.6. The van der Waals surface area contributed by atoms with Crippen molar-refractivity contribution < 1.29 is 0 Å².